The van der Waals surface area contributed by atoms with Crippen LogP contribution in [0.1, 0.15) is 48.9 Å². The maximum Gasteiger partial charge on any atom is 0.293 e. The van der Waals surface area contributed by atoms with E-state index in [0.29, 0.717) is 12.4 Å². The molecule has 0 spiro atoms. The van der Waals surface area contributed by atoms with Crippen molar-refractivity contribution in [2.75, 3.05) is 20.3 Å². The number of rotatable bonds is 5. The minimum absolute atomic E-state index is 0.0661. The van der Waals surface area contributed by atoms with Crippen molar-refractivity contribution in [3.8, 4) is 0 Å². The molecule has 1 atom stereocenters. The van der Waals surface area contributed by atoms with E-state index in [-0.39, 0.29) is 11.4 Å². The molecule has 19 heavy (non-hydrogen) atoms. The van der Waals surface area contributed by atoms with Gasteiger partial charge in [0.1, 0.15) is 0 Å². The van der Waals surface area contributed by atoms with Crippen LogP contribution in [0.25, 0.3) is 0 Å². The van der Waals surface area contributed by atoms with Crippen LogP contribution in [-0.4, -0.2) is 41.8 Å². The Bertz CT molecular complexity index is 436. The number of amides is 1. The summed E-state index contributed by atoms with van der Waals surface area (Å²) in [6, 6.07) is 1.70. The molecule has 5 heteroatoms. The Morgan fingerprint density at radius 3 is 3.00 bits per heavy atom. The zero-order chi connectivity index (χ0) is 13.9. The standard InChI is InChI=1S/C14H22N2O3/c1-4-6-14(10-18-3)7-5-8-16(14)13(17)12-9-11(2)15-19-12/h9H,4-8,10H2,1-3H3/t14-/m0/s1. The van der Waals surface area contributed by atoms with Gasteiger partial charge in [-0.15, -0.1) is 0 Å². The van der Waals surface area contributed by atoms with Gasteiger partial charge in [-0.3, -0.25) is 4.79 Å². The van der Waals surface area contributed by atoms with Crippen LogP contribution < -0.4 is 0 Å². The molecule has 106 valence electrons. The summed E-state index contributed by atoms with van der Waals surface area (Å²) in [7, 11) is 1.69. The SMILES string of the molecule is CCC[C@@]1(COC)CCCN1C(=O)c1cc(C)no1. The molecule has 0 aliphatic carbocycles. The Hall–Kier alpha value is -1.36. The van der Waals surface area contributed by atoms with Crippen LogP contribution in [-0.2, 0) is 4.74 Å². The molecule has 0 unspecified atom stereocenters. The second-order valence-corrected chi connectivity index (χ2v) is 5.30. The third-order valence-corrected chi connectivity index (χ3v) is 3.81. The van der Waals surface area contributed by atoms with E-state index in [1.165, 1.54) is 0 Å². The molecule has 2 heterocycles. The fraction of sp³-hybridized carbons (Fsp3) is 0.714. The van der Waals surface area contributed by atoms with Gasteiger partial charge >= 0.3 is 0 Å². The Morgan fingerprint density at radius 1 is 1.63 bits per heavy atom. The van der Waals surface area contributed by atoms with Crippen LogP contribution >= 0.6 is 0 Å². The van der Waals surface area contributed by atoms with Gasteiger partial charge in [0, 0.05) is 19.7 Å². The van der Waals surface area contributed by atoms with Crippen LogP contribution in [0.4, 0.5) is 0 Å². The number of hydrogen-bond donors (Lipinski definition) is 0. The molecule has 2 rings (SSSR count). The van der Waals surface area contributed by atoms with Crippen molar-refractivity contribution in [3.63, 3.8) is 0 Å². The minimum atomic E-state index is -0.179. The summed E-state index contributed by atoms with van der Waals surface area (Å²) in [6.07, 6.45) is 4.00. The van der Waals surface area contributed by atoms with E-state index in [0.717, 1.165) is 37.9 Å². The molecule has 1 amide bonds. The van der Waals surface area contributed by atoms with E-state index in [9.17, 15) is 4.79 Å². The summed E-state index contributed by atoms with van der Waals surface area (Å²) in [5, 5.41) is 3.80. The van der Waals surface area contributed by atoms with Crippen molar-refractivity contribution < 1.29 is 14.1 Å². The van der Waals surface area contributed by atoms with Crippen LogP contribution in [0.5, 0.6) is 0 Å². The largest absolute Gasteiger partial charge is 0.382 e. The van der Waals surface area contributed by atoms with Gasteiger partial charge in [0.25, 0.3) is 5.91 Å². The van der Waals surface area contributed by atoms with Gasteiger partial charge in [0.15, 0.2) is 0 Å². The normalized spacial score (nSPS) is 23.0. The molecular weight excluding hydrogens is 244 g/mol. The summed E-state index contributed by atoms with van der Waals surface area (Å²) in [5.74, 6) is 0.264. The highest BCUT2D eigenvalue weighted by Crippen LogP contribution is 2.35. The summed E-state index contributed by atoms with van der Waals surface area (Å²) in [6.45, 7) is 5.30. The van der Waals surface area contributed by atoms with Gasteiger partial charge in [-0.05, 0) is 26.2 Å². The highest BCUT2D eigenvalue weighted by Gasteiger charge is 2.44. The highest BCUT2D eigenvalue weighted by atomic mass is 16.5. The minimum Gasteiger partial charge on any atom is -0.382 e. The predicted molar refractivity (Wildman–Crippen MR) is 71.0 cm³/mol. The van der Waals surface area contributed by atoms with E-state index in [2.05, 4.69) is 12.1 Å². The molecule has 1 fully saturated rings. The van der Waals surface area contributed by atoms with Crippen LogP contribution in [0.3, 0.4) is 0 Å². The lowest BCUT2D eigenvalue weighted by atomic mass is 9.91. The third kappa shape index (κ3) is 2.66. The molecule has 1 aromatic rings. The maximum absolute atomic E-state index is 12.6. The zero-order valence-corrected chi connectivity index (χ0v) is 11.9. The monoisotopic (exact) mass is 266 g/mol. The fourth-order valence-electron chi connectivity index (χ4n) is 3.07. The molecule has 5 nitrogen and oxygen atoms in total. The Morgan fingerprint density at radius 2 is 2.42 bits per heavy atom. The van der Waals surface area contributed by atoms with E-state index < -0.39 is 0 Å². The van der Waals surface area contributed by atoms with Crippen molar-refractivity contribution in [2.24, 2.45) is 0 Å². The number of ether oxygens (including phenoxy) is 1. The highest BCUT2D eigenvalue weighted by molar-refractivity contribution is 5.92. The van der Waals surface area contributed by atoms with Gasteiger partial charge in [-0.1, -0.05) is 18.5 Å². The smallest absolute Gasteiger partial charge is 0.293 e. The van der Waals surface area contributed by atoms with Crippen LogP contribution in [0, 0.1) is 6.92 Å². The topological polar surface area (TPSA) is 55.6 Å². The first-order valence-electron chi connectivity index (χ1n) is 6.87. The summed E-state index contributed by atoms with van der Waals surface area (Å²) in [4.78, 5) is 14.5. The zero-order valence-electron chi connectivity index (χ0n) is 11.9. The number of hydrogen-bond acceptors (Lipinski definition) is 4. The summed E-state index contributed by atoms with van der Waals surface area (Å²) in [5.41, 5.74) is 0.553. The lowest BCUT2D eigenvalue weighted by Crippen LogP contribution is -2.50. The van der Waals surface area contributed by atoms with Gasteiger partial charge in [-0.2, -0.15) is 0 Å². The van der Waals surface area contributed by atoms with Crippen molar-refractivity contribution in [3.05, 3.63) is 17.5 Å². The van der Waals surface area contributed by atoms with Crippen molar-refractivity contribution >= 4 is 5.91 Å². The molecular formula is C14H22N2O3. The van der Waals surface area contributed by atoms with Crippen molar-refractivity contribution in [1.29, 1.82) is 0 Å². The number of nitrogens with zero attached hydrogens (tertiary/aromatic N) is 2. The Kier molecular flexibility index (Phi) is 4.24. The number of aryl methyl sites for hydroxylation is 1. The number of methoxy groups -OCH3 is 1. The molecule has 1 aliphatic heterocycles. The van der Waals surface area contributed by atoms with Gasteiger partial charge in [0.2, 0.25) is 5.76 Å². The third-order valence-electron chi connectivity index (χ3n) is 3.81. The van der Waals surface area contributed by atoms with Crippen molar-refractivity contribution in [1.82, 2.24) is 10.1 Å². The number of likely N-dealkylation sites (tertiary alicyclic amines) is 1. The quantitative estimate of drug-likeness (QED) is 0.821. The molecule has 0 radical (unpaired) electrons. The number of aromatic nitrogens is 1. The van der Waals surface area contributed by atoms with Crippen LogP contribution in [0.2, 0.25) is 0 Å². The second kappa shape index (κ2) is 5.74. The Balaban J connectivity index is 2.23. The number of carbonyl (C=O) groups is 1. The molecule has 0 bridgehead atoms. The summed E-state index contributed by atoms with van der Waals surface area (Å²) < 4.78 is 10.5. The molecule has 0 aromatic carbocycles. The van der Waals surface area contributed by atoms with E-state index in [1.54, 1.807) is 13.2 Å². The van der Waals surface area contributed by atoms with Gasteiger partial charge in [-0.25, -0.2) is 0 Å². The first-order chi connectivity index (χ1) is 9.13. The lowest BCUT2D eigenvalue weighted by molar-refractivity contribution is 0.0227. The Labute approximate surface area is 113 Å². The fourth-order valence-corrected chi connectivity index (χ4v) is 3.07. The molecule has 1 aliphatic rings. The average Bonchev–Trinajstić information content (AvgIpc) is 2.97. The maximum atomic E-state index is 12.6. The van der Waals surface area contributed by atoms with E-state index in [1.807, 2.05) is 11.8 Å². The van der Waals surface area contributed by atoms with Crippen LogP contribution in [0.15, 0.2) is 10.6 Å². The molecule has 1 saturated heterocycles. The number of carbonyl (C=O) groups excluding carboxylic acids is 1. The molecule has 0 N–H and O–H groups in total. The van der Waals surface area contributed by atoms with E-state index >= 15 is 0 Å². The predicted octanol–water partition coefficient (Wildman–Crippen LogP) is 2.40. The van der Waals surface area contributed by atoms with E-state index in [4.69, 9.17) is 9.26 Å². The average molecular weight is 266 g/mol. The first kappa shape index (κ1) is 14.1. The van der Waals surface area contributed by atoms with Gasteiger partial charge in [0.05, 0.1) is 17.8 Å². The van der Waals surface area contributed by atoms with Crippen molar-refractivity contribution in [2.45, 2.75) is 45.1 Å². The second-order valence-electron chi connectivity index (χ2n) is 5.30. The first-order valence-corrected chi connectivity index (χ1v) is 6.87. The summed E-state index contributed by atoms with van der Waals surface area (Å²) >= 11 is 0. The van der Waals surface area contributed by atoms with Gasteiger partial charge < -0.3 is 14.2 Å². The molecule has 1 aromatic heterocycles. The lowest BCUT2D eigenvalue weighted by Gasteiger charge is -2.37. The molecule has 0 saturated carbocycles.